The summed E-state index contributed by atoms with van der Waals surface area (Å²) in [6.07, 6.45) is 1.76. The number of hydrogen-bond acceptors (Lipinski definition) is 4. The number of nitrogens with zero attached hydrogens (tertiary/aromatic N) is 1. The molecule has 1 heterocycles. The van der Waals surface area contributed by atoms with Gasteiger partial charge in [-0.2, -0.15) is 0 Å². The molecule has 1 aromatic rings. The van der Waals surface area contributed by atoms with E-state index in [0.29, 0.717) is 18.4 Å². The predicted octanol–water partition coefficient (Wildman–Crippen LogP) is 1.39. The monoisotopic (exact) mass is 244 g/mol. The number of aliphatic hydroxyl groups excluding tert-OH is 1. The van der Waals surface area contributed by atoms with Crippen LogP contribution in [0, 0.1) is 0 Å². The van der Waals surface area contributed by atoms with Crippen LogP contribution in [-0.2, 0) is 4.74 Å². The molecular formula is C11H17ClN2O2. The molecule has 5 heteroatoms. The number of aromatic nitrogens is 1. The number of halogens is 1. The van der Waals surface area contributed by atoms with Gasteiger partial charge in [0.15, 0.2) is 0 Å². The van der Waals surface area contributed by atoms with Crippen LogP contribution in [0.5, 0.6) is 0 Å². The van der Waals surface area contributed by atoms with E-state index >= 15 is 0 Å². The van der Waals surface area contributed by atoms with Gasteiger partial charge in [0.25, 0.3) is 0 Å². The third-order valence-corrected chi connectivity index (χ3v) is 2.41. The second-order valence-electron chi connectivity index (χ2n) is 3.43. The minimum atomic E-state index is 0.0661. The summed E-state index contributed by atoms with van der Waals surface area (Å²) in [5, 5.41) is 12.3. The van der Waals surface area contributed by atoms with E-state index in [1.54, 1.807) is 12.3 Å². The Kier molecular flexibility index (Phi) is 6.33. The van der Waals surface area contributed by atoms with Crippen molar-refractivity contribution in [2.75, 3.05) is 26.4 Å². The first-order valence-corrected chi connectivity index (χ1v) is 5.65. The Morgan fingerprint density at radius 1 is 1.50 bits per heavy atom. The van der Waals surface area contributed by atoms with Crippen molar-refractivity contribution in [2.45, 2.75) is 13.0 Å². The Bertz CT molecular complexity index is 293. The highest BCUT2D eigenvalue weighted by molar-refractivity contribution is 6.29. The maximum Gasteiger partial charge on any atom is 0.129 e. The van der Waals surface area contributed by atoms with Crippen molar-refractivity contribution < 1.29 is 9.84 Å². The summed E-state index contributed by atoms with van der Waals surface area (Å²) < 4.78 is 5.14. The second kappa shape index (κ2) is 7.57. The van der Waals surface area contributed by atoms with Gasteiger partial charge in [0.2, 0.25) is 0 Å². The van der Waals surface area contributed by atoms with Crippen LogP contribution in [0.1, 0.15) is 18.5 Å². The first-order valence-electron chi connectivity index (χ1n) is 5.27. The smallest absolute Gasteiger partial charge is 0.129 e. The van der Waals surface area contributed by atoms with Crippen molar-refractivity contribution in [2.24, 2.45) is 0 Å². The molecule has 0 saturated heterocycles. The van der Waals surface area contributed by atoms with E-state index in [0.717, 1.165) is 12.1 Å². The standard InChI is InChI=1S/C11H17ClN2O2/c1-9(13-4-6-16-7-5-15)10-2-3-11(12)14-8-10/h2-3,8-9,13,15H,4-7H2,1H3. The molecule has 90 valence electrons. The summed E-state index contributed by atoms with van der Waals surface area (Å²) in [5.41, 5.74) is 1.09. The number of hydrogen-bond donors (Lipinski definition) is 2. The molecule has 0 aliphatic carbocycles. The van der Waals surface area contributed by atoms with E-state index in [1.807, 2.05) is 6.07 Å². The minimum Gasteiger partial charge on any atom is -0.394 e. The van der Waals surface area contributed by atoms with Crippen LogP contribution >= 0.6 is 11.6 Å². The van der Waals surface area contributed by atoms with Gasteiger partial charge in [0, 0.05) is 18.8 Å². The fourth-order valence-electron chi connectivity index (χ4n) is 1.28. The van der Waals surface area contributed by atoms with Gasteiger partial charge in [0.1, 0.15) is 5.15 Å². The summed E-state index contributed by atoms with van der Waals surface area (Å²) in [6, 6.07) is 3.93. The summed E-state index contributed by atoms with van der Waals surface area (Å²) in [4.78, 5) is 4.02. The van der Waals surface area contributed by atoms with Crippen LogP contribution in [0.2, 0.25) is 5.15 Å². The number of ether oxygens (including phenoxy) is 1. The Balaban J connectivity index is 2.24. The third kappa shape index (κ3) is 4.90. The lowest BCUT2D eigenvalue weighted by Crippen LogP contribution is -2.23. The average molecular weight is 245 g/mol. The van der Waals surface area contributed by atoms with Gasteiger partial charge in [0.05, 0.1) is 19.8 Å². The van der Waals surface area contributed by atoms with Crippen LogP contribution in [0.25, 0.3) is 0 Å². The summed E-state index contributed by atoms with van der Waals surface area (Å²) in [7, 11) is 0. The summed E-state index contributed by atoms with van der Waals surface area (Å²) >= 11 is 5.70. The zero-order valence-corrected chi connectivity index (χ0v) is 10.1. The van der Waals surface area contributed by atoms with Crippen LogP contribution in [0.15, 0.2) is 18.3 Å². The molecule has 1 aromatic heterocycles. The van der Waals surface area contributed by atoms with E-state index in [4.69, 9.17) is 21.4 Å². The molecule has 0 radical (unpaired) electrons. The molecular weight excluding hydrogens is 228 g/mol. The highest BCUT2D eigenvalue weighted by atomic mass is 35.5. The van der Waals surface area contributed by atoms with Crippen molar-refractivity contribution >= 4 is 11.6 Å². The fourth-order valence-corrected chi connectivity index (χ4v) is 1.39. The fraction of sp³-hybridized carbons (Fsp3) is 0.545. The molecule has 0 amide bonds. The Morgan fingerprint density at radius 2 is 2.31 bits per heavy atom. The second-order valence-corrected chi connectivity index (χ2v) is 3.81. The zero-order valence-electron chi connectivity index (χ0n) is 9.32. The molecule has 16 heavy (non-hydrogen) atoms. The van der Waals surface area contributed by atoms with E-state index < -0.39 is 0 Å². The number of pyridine rings is 1. The Labute approximate surface area is 101 Å². The average Bonchev–Trinajstić information content (AvgIpc) is 2.29. The van der Waals surface area contributed by atoms with Gasteiger partial charge in [-0.1, -0.05) is 17.7 Å². The zero-order chi connectivity index (χ0) is 11.8. The van der Waals surface area contributed by atoms with Crippen molar-refractivity contribution in [3.63, 3.8) is 0 Å². The molecule has 0 spiro atoms. The molecule has 0 bridgehead atoms. The van der Waals surface area contributed by atoms with Gasteiger partial charge < -0.3 is 15.2 Å². The van der Waals surface area contributed by atoms with Crippen molar-refractivity contribution in [3.05, 3.63) is 29.0 Å². The van der Waals surface area contributed by atoms with Crippen molar-refractivity contribution in [1.82, 2.24) is 10.3 Å². The van der Waals surface area contributed by atoms with Crippen LogP contribution in [-0.4, -0.2) is 36.5 Å². The van der Waals surface area contributed by atoms with Crippen LogP contribution < -0.4 is 5.32 Å². The van der Waals surface area contributed by atoms with Gasteiger partial charge in [-0.25, -0.2) is 4.98 Å². The molecule has 1 unspecified atom stereocenters. The SMILES string of the molecule is CC(NCCOCCO)c1ccc(Cl)nc1. The van der Waals surface area contributed by atoms with Gasteiger partial charge in [-0.3, -0.25) is 0 Å². The highest BCUT2D eigenvalue weighted by Crippen LogP contribution is 2.12. The Hall–Kier alpha value is -0.680. The van der Waals surface area contributed by atoms with Crippen molar-refractivity contribution in [1.29, 1.82) is 0 Å². The lowest BCUT2D eigenvalue weighted by atomic mass is 10.1. The minimum absolute atomic E-state index is 0.0661. The van der Waals surface area contributed by atoms with Gasteiger partial charge in [-0.15, -0.1) is 0 Å². The van der Waals surface area contributed by atoms with Gasteiger partial charge in [-0.05, 0) is 18.6 Å². The predicted molar refractivity (Wildman–Crippen MR) is 63.6 cm³/mol. The lowest BCUT2D eigenvalue weighted by molar-refractivity contribution is 0.0928. The number of nitrogens with one attached hydrogen (secondary N) is 1. The number of rotatable bonds is 7. The number of aliphatic hydroxyl groups is 1. The largest absolute Gasteiger partial charge is 0.394 e. The Morgan fingerprint density at radius 3 is 2.94 bits per heavy atom. The van der Waals surface area contributed by atoms with Crippen LogP contribution in [0.4, 0.5) is 0 Å². The van der Waals surface area contributed by atoms with E-state index in [9.17, 15) is 0 Å². The molecule has 0 fully saturated rings. The topological polar surface area (TPSA) is 54.4 Å². The van der Waals surface area contributed by atoms with E-state index in [2.05, 4.69) is 17.2 Å². The summed E-state index contributed by atoms with van der Waals surface area (Å²) in [5.74, 6) is 0. The van der Waals surface area contributed by atoms with E-state index in [1.165, 1.54) is 0 Å². The summed E-state index contributed by atoms with van der Waals surface area (Å²) in [6.45, 7) is 3.84. The molecule has 0 aliphatic rings. The molecule has 0 saturated carbocycles. The first kappa shape index (κ1) is 13.4. The molecule has 2 N–H and O–H groups in total. The first-order chi connectivity index (χ1) is 7.74. The maximum atomic E-state index is 8.51. The molecule has 4 nitrogen and oxygen atoms in total. The lowest BCUT2D eigenvalue weighted by Gasteiger charge is -2.13. The molecule has 1 atom stereocenters. The van der Waals surface area contributed by atoms with Gasteiger partial charge >= 0.3 is 0 Å². The quantitative estimate of drug-likeness (QED) is 0.562. The van der Waals surface area contributed by atoms with Crippen LogP contribution in [0.3, 0.4) is 0 Å². The third-order valence-electron chi connectivity index (χ3n) is 2.18. The normalized spacial score (nSPS) is 12.7. The van der Waals surface area contributed by atoms with E-state index in [-0.39, 0.29) is 12.6 Å². The molecule has 0 aromatic carbocycles. The van der Waals surface area contributed by atoms with Crippen molar-refractivity contribution in [3.8, 4) is 0 Å². The molecule has 1 rings (SSSR count). The highest BCUT2D eigenvalue weighted by Gasteiger charge is 2.04. The maximum absolute atomic E-state index is 8.51. The molecule has 0 aliphatic heterocycles.